The number of aromatic nitrogens is 2. The monoisotopic (exact) mass is 439 g/mol. The van der Waals surface area contributed by atoms with Crippen LogP contribution in [-0.4, -0.2) is 37.4 Å². The van der Waals surface area contributed by atoms with Crippen LogP contribution in [0.2, 0.25) is 5.02 Å². The van der Waals surface area contributed by atoms with Gasteiger partial charge >= 0.3 is 0 Å². The third kappa shape index (κ3) is 3.71. The number of carbonyl (C=O) groups excluding carboxylic acids is 1. The Morgan fingerprint density at radius 3 is 2.50 bits per heavy atom. The van der Waals surface area contributed by atoms with Crippen LogP contribution in [0.5, 0.6) is 0 Å². The smallest absolute Gasteiger partial charge is 0.283 e. The second-order valence-electron chi connectivity index (χ2n) is 6.56. The normalized spacial score (nSPS) is 15.6. The van der Waals surface area contributed by atoms with Crippen LogP contribution in [0.1, 0.15) is 11.3 Å². The van der Waals surface area contributed by atoms with Gasteiger partial charge in [-0.3, -0.25) is 14.3 Å². The Labute approximate surface area is 182 Å². The molecule has 152 valence electrons. The molecule has 0 saturated carbocycles. The van der Waals surface area contributed by atoms with Crippen LogP contribution in [0.3, 0.4) is 0 Å². The van der Waals surface area contributed by atoms with E-state index >= 15 is 0 Å². The van der Waals surface area contributed by atoms with Gasteiger partial charge in [-0.05, 0) is 25.1 Å². The molecule has 1 aromatic heterocycles. The maximum Gasteiger partial charge on any atom is 0.297 e. The fourth-order valence-corrected chi connectivity index (χ4v) is 4.01. The van der Waals surface area contributed by atoms with Gasteiger partial charge in [0.1, 0.15) is 0 Å². The summed E-state index contributed by atoms with van der Waals surface area (Å²) >= 11 is 7.40. The standard InChI is InChI=1S/C21H18ClN5O2S/c1-14-19(20(29)27(25(14)2)16-9-4-3-5-10-16)24-21-26(18(28)13-30-21)23-12-15-8-6-7-11-17(15)22/h3-12H,13H2,1-2H3/b23-12-,24-21?. The van der Waals surface area contributed by atoms with Crippen molar-refractivity contribution < 1.29 is 4.79 Å². The number of aliphatic imine (C=N–C) groups is 1. The number of halogens is 1. The van der Waals surface area contributed by atoms with Crippen LogP contribution in [0.15, 0.2) is 69.5 Å². The molecular weight excluding hydrogens is 422 g/mol. The summed E-state index contributed by atoms with van der Waals surface area (Å²) < 4.78 is 3.30. The van der Waals surface area contributed by atoms with Crippen LogP contribution < -0.4 is 5.56 Å². The van der Waals surface area contributed by atoms with Crippen molar-refractivity contribution in [3.63, 3.8) is 0 Å². The maximum absolute atomic E-state index is 13.1. The van der Waals surface area contributed by atoms with Gasteiger partial charge in [0.15, 0.2) is 10.9 Å². The van der Waals surface area contributed by atoms with Gasteiger partial charge in [-0.15, -0.1) is 0 Å². The molecule has 0 bridgehead atoms. The summed E-state index contributed by atoms with van der Waals surface area (Å²) in [6, 6.07) is 16.5. The van der Waals surface area contributed by atoms with E-state index in [0.717, 1.165) is 5.69 Å². The van der Waals surface area contributed by atoms with Crippen molar-refractivity contribution in [2.24, 2.45) is 17.1 Å². The highest BCUT2D eigenvalue weighted by molar-refractivity contribution is 8.15. The third-order valence-electron chi connectivity index (χ3n) is 4.69. The van der Waals surface area contributed by atoms with E-state index in [-0.39, 0.29) is 22.9 Å². The minimum absolute atomic E-state index is 0.206. The number of amidine groups is 1. The molecule has 1 aliphatic rings. The summed E-state index contributed by atoms with van der Waals surface area (Å²) in [6.45, 7) is 1.82. The predicted octanol–water partition coefficient (Wildman–Crippen LogP) is 3.73. The van der Waals surface area contributed by atoms with Crippen LogP contribution >= 0.6 is 23.4 Å². The lowest BCUT2D eigenvalue weighted by Gasteiger charge is -2.08. The number of hydrazone groups is 1. The third-order valence-corrected chi connectivity index (χ3v) is 5.95. The predicted molar refractivity (Wildman–Crippen MR) is 121 cm³/mol. The fourth-order valence-electron chi connectivity index (χ4n) is 3.03. The summed E-state index contributed by atoms with van der Waals surface area (Å²) in [5.41, 5.74) is 2.13. The van der Waals surface area contributed by atoms with E-state index in [2.05, 4.69) is 10.1 Å². The number of benzene rings is 2. The number of para-hydroxylation sites is 1. The first-order valence-electron chi connectivity index (χ1n) is 9.14. The van der Waals surface area contributed by atoms with Crippen molar-refractivity contribution in [3.05, 3.63) is 81.2 Å². The molecule has 4 rings (SSSR count). The van der Waals surface area contributed by atoms with Crippen LogP contribution in [0.4, 0.5) is 5.69 Å². The van der Waals surface area contributed by atoms with E-state index in [0.29, 0.717) is 21.4 Å². The highest BCUT2D eigenvalue weighted by Gasteiger charge is 2.29. The summed E-state index contributed by atoms with van der Waals surface area (Å²) in [6.07, 6.45) is 1.52. The molecule has 2 aromatic carbocycles. The van der Waals surface area contributed by atoms with Crippen molar-refractivity contribution in [1.82, 2.24) is 14.4 Å². The lowest BCUT2D eigenvalue weighted by Crippen LogP contribution is -2.24. The molecule has 3 aromatic rings. The van der Waals surface area contributed by atoms with Gasteiger partial charge in [0.2, 0.25) is 0 Å². The zero-order valence-electron chi connectivity index (χ0n) is 16.3. The van der Waals surface area contributed by atoms with Gasteiger partial charge in [0.05, 0.1) is 23.3 Å². The van der Waals surface area contributed by atoms with Crippen molar-refractivity contribution in [2.75, 3.05) is 5.75 Å². The van der Waals surface area contributed by atoms with Crippen LogP contribution in [-0.2, 0) is 11.8 Å². The van der Waals surface area contributed by atoms with Crippen molar-refractivity contribution in [2.45, 2.75) is 6.92 Å². The summed E-state index contributed by atoms with van der Waals surface area (Å²) in [5.74, 6) is -0.00343. The Kier molecular flexibility index (Phi) is 5.61. The molecule has 7 nitrogen and oxygen atoms in total. The minimum atomic E-state index is -0.260. The van der Waals surface area contributed by atoms with Gasteiger partial charge < -0.3 is 0 Å². The maximum atomic E-state index is 13.1. The molecule has 9 heteroatoms. The second-order valence-corrected chi connectivity index (χ2v) is 7.91. The number of hydrogen-bond donors (Lipinski definition) is 0. The number of rotatable bonds is 4. The Bertz CT molecular complexity index is 1230. The summed E-state index contributed by atoms with van der Waals surface area (Å²) in [7, 11) is 1.80. The Hall–Kier alpha value is -3.10. The first kappa shape index (κ1) is 20.2. The number of thioether (sulfide) groups is 1. The molecule has 30 heavy (non-hydrogen) atoms. The zero-order chi connectivity index (χ0) is 21.3. The van der Waals surface area contributed by atoms with Crippen LogP contribution in [0.25, 0.3) is 5.69 Å². The molecule has 2 heterocycles. The van der Waals surface area contributed by atoms with E-state index in [4.69, 9.17) is 11.6 Å². The van der Waals surface area contributed by atoms with Crippen molar-refractivity contribution in [1.29, 1.82) is 0 Å². The molecule has 1 aliphatic heterocycles. The van der Waals surface area contributed by atoms with Gasteiger partial charge in [-0.2, -0.15) is 10.1 Å². The van der Waals surface area contributed by atoms with E-state index in [1.165, 1.54) is 23.0 Å². The first-order chi connectivity index (χ1) is 14.5. The number of hydrogen-bond acceptors (Lipinski definition) is 5. The Balaban J connectivity index is 1.73. The quantitative estimate of drug-likeness (QED) is 0.581. The minimum Gasteiger partial charge on any atom is -0.283 e. The van der Waals surface area contributed by atoms with Gasteiger partial charge in [-0.25, -0.2) is 9.67 Å². The molecule has 1 fully saturated rings. The summed E-state index contributed by atoms with van der Waals surface area (Å²) in [4.78, 5) is 29.9. The first-order valence-corrected chi connectivity index (χ1v) is 10.5. The van der Waals surface area contributed by atoms with Gasteiger partial charge in [0.25, 0.3) is 11.5 Å². The van der Waals surface area contributed by atoms with E-state index in [9.17, 15) is 9.59 Å². The SMILES string of the molecule is Cc1c(N=C2SCC(=O)N2/N=C\c2ccccc2Cl)c(=O)n(-c2ccccc2)n1C. The molecule has 0 atom stereocenters. The van der Waals surface area contributed by atoms with Gasteiger partial charge in [-0.1, -0.05) is 59.8 Å². The molecule has 0 aliphatic carbocycles. The van der Waals surface area contributed by atoms with Crippen molar-refractivity contribution >= 4 is 46.3 Å². The molecule has 0 N–H and O–H groups in total. The topological polar surface area (TPSA) is 72.0 Å². The highest BCUT2D eigenvalue weighted by atomic mass is 35.5. The zero-order valence-corrected chi connectivity index (χ0v) is 17.9. The number of nitrogens with zero attached hydrogens (tertiary/aromatic N) is 5. The van der Waals surface area contributed by atoms with E-state index < -0.39 is 0 Å². The average molecular weight is 440 g/mol. The number of amides is 1. The Morgan fingerprint density at radius 2 is 1.77 bits per heavy atom. The molecule has 1 saturated heterocycles. The molecule has 0 spiro atoms. The largest absolute Gasteiger partial charge is 0.297 e. The fraction of sp³-hybridized carbons (Fsp3) is 0.143. The van der Waals surface area contributed by atoms with Crippen LogP contribution in [0, 0.1) is 6.92 Å². The van der Waals surface area contributed by atoms with Gasteiger partial charge in [0, 0.05) is 17.6 Å². The molecule has 0 unspecified atom stereocenters. The lowest BCUT2D eigenvalue weighted by molar-refractivity contribution is -0.124. The van der Waals surface area contributed by atoms with Crippen molar-refractivity contribution in [3.8, 4) is 5.69 Å². The lowest BCUT2D eigenvalue weighted by atomic mass is 10.2. The molecular formula is C21H18ClN5O2S. The number of carbonyl (C=O) groups is 1. The van der Waals surface area contributed by atoms with E-state index in [1.54, 1.807) is 28.5 Å². The highest BCUT2D eigenvalue weighted by Crippen LogP contribution is 2.25. The van der Waals surface area contributed by atoms with E-state index in [1.807, 2.05) is 49.4 Å². The molecule has 0 radical (unpaired) electrons. The molecule has 1 amide bonds. The average Bonchev–Trinajstić information content (AvgIpc) is 3.20. The summed E-state index contributed by atoms with van der Waals surface area (Å²) in [5, 5.41) is 6.37. The Morgan fingerprint density at radius 1 is 1.07 bits per heavy atom. The second kappa shape index (κ2) is 8.33.